The number of halogens is 1. The molecule has 1 aliphatic carbocycles. The van der Waals surface area contributed by atoms with Gasteiger partial charge in [0.05, 0.1) is 0 Å². The van der Waals surface area contributed by atoms with Crippen molar-refractivity contribution in [2.45, 2.75) is 39.0 Å². The molecule has 122 valence electrons. The van der Waals surface area contributed by atoms with Crippen LogP contribution >= 0.6 is 11.6 Å². The lowest BCUT2D eigenvalue weighted by Crippen LogP contribution is -2.45. The summed E-state index contributed by atoms with van der Waals surface area (Å²) in [5.74, 6) is -0.417. The van der Waals surface area contributed by atoms with Crippen molar-refractivity contribution in [2.75, 3.05) is 0 Å². The molecule has 3 rings (SSSR count). The summed E-state index contributed by atoms with van der Waals surface area (Å²) in [6.07, 6.45) is 5.07. The van der Waals surface area contributed by atoms with Crippen LogP contribution in [0, 0.1) is 12.8 Å². The summed E-state index contributed by atoms with van der Waals surface area (Å²) in [4.78, 5) is 24.3. The van der Waals surface area contributed by atoms with Gasteiger partial charge in [-0.15, -0.1) is 0 Å². The maximum absolute atomic E-state index is 12.3. The van der Waals surface area contributed by atoms with Crippen LogP contribution in [0.4, 0.5) is 0 Å². The van der Waals surface area contributed by atoms with Gasteiger partial charge in [0.25, 0.3) is 0 Å². The topological polar surface area (TPSA) is 71.3 Å². The Kier molecular flexibility index (Phi) is 4.57. The number of nitrogens with one attached hydrogen (secondary N) is 2. The average molecular weight is 335 g/mol. The number of rotatable bonds is 2. The van der Waals surface area contributed by atoms with Gasteiger partial charge in [-0.1, -0.05) is 30.9 Å². The van der Waals surface area contributed by atoms with Gasteiger partial charge in [0.2, 0.25) is 5.91 Å². The fourth-order valence-electron chi connectivity index (χ4n) is 3.05. The fraction of sp³-hybridized carbons (Fsp3) is 0.412. The van der Waals surface area contributed by atoms with Crippen LogP contribution in [0.15, 0.2) is 22.6 Å². The summed E-state index contributed by atoms with van der Waals surface area (Å²) in [7, 11) is 0. The summed E-state index contributed by atoms with van der Waals surface area (Å²) >= 11 is 5.97. The van der Waals surface area contributed by atoms with Gasteiger partial charge in [-0.3, -0.25) is 20.4 Å². The molecule has 5 nitrogen and oxygen atoms in total. The molecule has 23 heavy (non-hydrogen) atoms. The number of benzene rings is 1. The lowest BCUT2D eigenvalue weighted by atomic mass is 9.89. The van der Waals surface area contributed by atoms with E-state index in [1.54, 1.807) is 25.1 Å². The van der Waals surface area contributed by atoms with Gasteiger partial charge >= 0.3 is 5.91 Å². The molecule has 2 aromatic rings. The molecule has 0 aliphatic heterocycles. The average Bonchev–Trinajstić information content (AvgIpc) is 2.90. The Morgan fingerprint density at radius 1 is 1.17 bits per heavy atom. The number of amides is 2. The van der Waals surface area contributed by atoms with E-state index in [2.05, 4.69) is 10.9 Å². The Labute approximate surface area is 139 Å². The van der Waals surface area contributed by atoms with E-state index in [1.165, 1.54) is 6.42 Å². The van der Waals surface area contributed by atoms with Crippen molar-refractivity contribution < 1.29 is 14.0 Å². The summed E-state index contributed by atoms with van der Waals surface area (Å²) in [5.41, 5.74) is 6.25. The lowest BCUT2D eigenvalue weighted by Gasteiger charge is -2.20. The maximum Gasteiger partial charge on any atom is 0.305 e. The summed E-state index contributed by atoms with van der Waals surface area (Å²) < 4.78 is 5.57. The molecule has 0 atom stereocenters. The van der Waals surface area contributed by atoms with E-state index in [1.807, 2.05) is 0 Å². The van der Waals surface area contributed by atoms with E-state index in [9.17, 15) is 9.59 Å². The second kappa shape index (κ2) is 6.62. The van der Waals surface area contributed by atoms with Gasteiger partial charge in [-0.2, -0.15) is 0 Å². The zero-order valence-corrected chi connectivity index (χ0v) is 13.7. The highest BCUT2D eigenvalue weighted by molar-refractivity contribution is 6.31. The van der Waals surface area contributed by atoms with Crippen molar-refractivity contribution in [3.8, 4) is 0 Å². The first-order chi connectivity index (χ1) is 11.1. The van der Waals surface area contributed by atoms with E-state index < -0.39 is 5.91 Å². The minimum Gasteiger partial charge on any atom is -0.451 e. The Morgan fingerprint density at radius 3 is 2.65 bits per heavy atom. The monoisotopic (exact) mass is 334 g/mol. The summed E-state index contributed by atoms with van der Waals surface area (Å²) in [5, 5.41) is 1.38. The van der Waals surface area contributed by atoms with Crippen molar-refractivity contribution in [1.82, 2.24) is 10.9 Å². The molecule has 0 radical (unpaired) electrons. The van der Waals surface area contributed by atoms with Crippen molar-refractivity contribution >= 4 is 34.4 Å². The van der Waals surface area contributed by atoms with Crippen molar-refractivity contribution in [3.63, 3.8) is 0 Å². The molecule has 0 spiro atoms. The molecule has 1 aromatic carbocycles. The van der Waals surface area contributed by atoms with Crippen LogP contribution in [0.3, 0.4) is 0 Å². The molecular weight excluding hydrogens is 316 g/mol. The van der Waals surface area contributed by atoms with Crippen LogP contribution in [0.5, 0.6) is 0 Å². The first kappa shape index (κ1) is 15.9. The van der Waals surface area contributed by atoms with E-state index in [-0.39, 0.29) is 17.6 Å². The van der Waals surface area contributed by atoms with Crippen molar-refractivity contribution in [3.05, 3.63) is 34.5 Å². The molecular formula is C17H19ClN2O3. The number of furan rings is 1. The van der Waals surface area contributed by atoms with Gasteiger partial charge in [-0.25, -0.2) is 0 Å². The Bertz CT molecular complexity index is 748. The molecule has 1 fully saturated rings. The number of fused-ring (bicyclic) bond motifs is 1. The number of aryl methyl sites for hydroxylation is 1. The zero-order valence-electron chi connectivity index (χ0n) is 12.9. The molecule has 2 amide bonds. The van der Waals surface area contributed by atoms with Gasteiger partial charge in [0, 0.05) is 21.9 Å². The second-order valence-corrected chi connectivity index (χ2v) is 6.41. The molecule has 1 aromatic heterocycles. The zero-order chi connectivity index (χ0) is 16.4. The number of hydrogen-bond donors (Lipinski definition) is 2. The molecule has 1 saturated carbocycles. The third kappa shape index (κ3) is 3.34. The molecule has 1 heterocycles. The Morgan fingerprint density at radius 2 is 1.91 bits per heavy atom. The fourth-order valence-corrected chi connectivity index (χ4v) is 3.22. The first-order valence-electron chi connectivity index (χ1n) is 7.85. The summed E-state index contributed by atoms with van der Waals surface area (Å²) in [6.45, 7) is 1.79. The van der Waals surface area contributed by atoms with Gasteiger partial charge in [-0.05, 0) is 38.0 Å². The standard InChI is InChI=1S/C17H19ClN2O3/c1-10-13-9-12(18)7-8-14(13)23-15(10)17(22)20-19-16(21)11-5-3-2-4-6-11/h7-9,11H,2-6H2,1H3,(H,19,21)(H,20,22). The molecule has 2 N–H and O–H groups in total. The minimum absolute atomic E-state index is 0.0142. The smallest absolute Gasteiger partial charge is 0.305 e. The van der Waals surface area contributed by atoms with E-state index >= 15 is 0 Å². The van der Waals surface area contributed by atoms with Gasteiger partial charge in [0.15, 0.2) is 5.76 Å². The SMILES string of the molecule is Cc1c(C(=O)NNC(=O)C2CCCCC2)oc2ccc(Cl)cc12. The van der Waals surface area contributed by atoms with Crippen LogP contribution in [0.2, 0.25) is 5.02 Å². The van der Waals surface area contributed by atoms with E-state index in [0.717, 1.165) is 31.1 Å². The first-order valence-corrected chi connectivity index (χ1v) is 8.23. The molecule has 1 aliphatic rings. The number of hydrogen-bond acceptors (Lipinski definition) is 3. The van der Waals surface area contributed by atoms with Crippen molar-refractivity contribution in [2.24, 2.45) is 5.92 Å². The highest BCUT2D eigenvalue weighted by Crippen LogP contribution is 2.28. The second-order valence-electron chi connectivity index (χ2n) is 5.97. The number of carbonyl (C=O) groups is 2. The molecule has 0 unspecified atom stereocenters. The van der Waals surface area contributed by atoms with Crippen LogP contribution < -0.4 is 10.9 Å². The van der Waals surface area contributed by atoms with Gasteiger partial charge < -0.3 is 4.42 Å². The molecule has 0 bridgehead atoms. The van der Waals surface area contributed by atoms with Crippen molar-refractivity contribution in [1.29, 1.82) is 0 Å². The maximum atomic E-state index is 12.3. The Hall–Kier alpha value is -2.01. The van der Waals surface area contributed by atoms with Crippen LogP contribution in [-0.2, 0) is 4.79 Å². The quantitative estimate of drug-likeness (QED) is 0.822. The highest BCUT2D eigenvalue weighted by Gasteiger charge is 2.23. The Balaban J connectivity index is 1.68. The lowest BCUT2D eigenvalue weighted by molar-refractivity contribution is -0.126. The van der Waals surface area contributed by atoms with Crippen LogP contribution in [0.1, 0.15) is 48.2 Å². The normalized spacial score (nSPS) is 15.6. The predicted octanol–water partition coefficient (Wildman–Crippen LogP) is 3.74. The number of carbonyl (C=O) groups excluding carboxylic acids is 2. The highest BCUT2D eigenvalue weighted by atomic mass is 35.5. The van der Waals surface area contributed by atoms with E-state index in [0.29, 0.717) is 16.2 Å². The summed E-state index contributed by atoms with van der Waals surface area (Å²) in [6, 6.07) is 5.19. The van der Waals surface area contributed by atoms with E-state index in [4.69, 9.17) is 16.0 Å². The van der Waals surface area contributed by atoms with Crippen LogP contribution in [-0.4, -0.2) is 11.8 Å². The largest absolute Gasteiger partial charge is 0.451 e. The predicted molar refractivity (Wildman–Crippen MR) is 88.1 cm³/mol. The third-order valence-corrected chi connectivity index (χ3v) is 4.61. The minimum atomic E-state index is -0.459. The third-order valence-electron chi connectivity index (χ3n) is 4.38. The molecule has 6 heteroatoms. The van der Waals surface area contributed by atoms with Crippen LogP contribution in [0.25, 0.3) is 11.0 Å². The number of hydrazine groups is 1. The van der Waals surface area contributed by atoms with Gasteiger partial charge in [0.1, 0.15) is 5.58 Å². The molecule has 0 saturated heterocycles.